The highest BCUT2D eigenvalue weighted by Gasteiger charge is 2.29. The summed E-state index contributed by atoms with van der Waals surface area (Å²) in [5.74, 6) is -1.24. The minimum Gasteiger partial charge on any atom is -0.481 e. The summed E-state index contributed by atoms with van der Waals surface area (Å²) in [7, 11) is 0. The summed E-state index contributed by atoms with van der Waals surface area (Å²) < 4.78 is 0. The number of aliphatic carboxylic acids is 1. The van der Waals surface area contributed by atoms with Gasteiger partial charge in [-0.1, -0.05) is 25.0 Å². The average Bonchev–Trinajstić information content (AvgIpc) is 3.09. The molecule has 1 aliphatic rings. The highest BCUT2D eigenvalue weighted by molar-refractivity contribution is 5.97. The molecule has 0 spiro atoms. The van der Waals surface area contributed by atoms with Crippen molar-refractivity contribution < 1.29 is 19.5 Å². The maximum absolute atomic E-state index is 12.2. The Bertz CT molecular complexity index is 646. The van der Waals surface area contributed by atoms with Crippen molar-refractivity contribution in [1.29, 1.82) is 0 Å². The lowest BCUT2D eigenvalue weighted by Crippen LogP contribution is -2.43. The van der Waals surface area contributed by atoms with Gasteiger partial charge in [-0.05, 0) is 51.3 Å². The lowest BCUT2D eigenvalue weighted by molar-refractivity contribution is -0.142. The Morgan fingerprint density at radius 2 is 1.68 bits per heavy atom. The van der Waals surface area contributed by atoms with Gasteiger partial charge in [0.1, 0.15) is 6.04 Å². The summed E-state index contributed by atoms with van der Waals surface area (Å²) in [5.41, 5.74) is 0.225. The van der Waals surface area contributed by atoms with Gasteiger partial charge < -0.3 is 15.7 Å². The van der Waals surface area contributed by atoms with Gasteiger partial charge in [0.2, 0.25) is 11.8 Å². The number of benzene rings is 1. The minimum absolute atomic E-state index is 0.0211. The third kappa shape index (κ3) is 4.59. The zero-order valence-electron chi connectivity index (χ0n) is 15.0. The van der Waals surface area contributed by atoms with Crippen LogP contribution < -0.4 is 10.6 Å². The van der Waals surface area contributed by atoms with Crippen molar-refractivity contribution in [1.82, 2.24) is 5.32 Å². The Hall–Kier alpha value is -2.37. The summed E-state index contributed by atoms with van der Waals surface area (Å²) in [6.45, 7) is 4.91. The lowest BCUT2D eigenvalue weighted by atomic mass is 9.85. The van der Waals surface area contributed by atoms with E-state index in [-0.39, 0.29) is 17.7 Å². The number of amides is 2. The topological polar surface area (TPSA) is 95.5 Å². The van der Waals surface area contributed by atoms with E-state index < -0.39 is 17.4 Å². The Balaban J connectivity index is 1.93. The molecule has 1 aromatic carbocycles. The van der Waals surface area contributed by atoms with E-state index in [1.54, 1.807) is 45.0 Å². The molecule has 1 unspecified atom stereocenters. The van der Waals surface area contributed by atoms with Crippen molar-refractivity contribution in [3.8, 4) is 0 Å². The zero-order chi connectivity index (χ0) is 18.6. The first-order valence-corrected chi connectivity index (χ1v) is 8.67. The van der Waals surface area contributed by atoms with Gasteiger partial charge in [-0.2, -0.15) is 0 Å². The standard InChI is InChI=1S/C19H26N2O4/c1-12(20-17(23)13-6-4-5-7-13)16(22)21-15-10-8-14(9-11-15)19(2,3)18(24)25/h8-13H,4-7H2,1-3H3,(H,20,23)(H,21,22)(H,24,25). The van der Waals surface area contributed by atoms with Crippen molar-refractivity contribution in [2.45, 2.75) is 57.9 Å². The van der Waals surface area contributed by atoms with Crippen LogP contribution in [0.3, 0.4) is 0 Å². The summed E-state index contributed by atoms with van der Waals surface area (Å²) >= 11 is 0. The minimum atomic E-state index is -0.995. The predicted octanol–water partition coefficient (Wildman–Crippen LogP) is 2.68. The molecule has 1 atom stereocenters. The molecule has 6 heteroatoms. The average molecular weight is 346 g/mol. The van der Waals surface area contributed by atoms with Crippen LogP contribution in [-0.2, 0) is 19.8 Å². The second kappa shape index (κ2) is 7.68. The van der Waals surface area contributed by atoms with Gasteiger partial charge in [0.05, 0.1) is 5.41 Å². The molecule has 3 N–H and O–H groups in total. The molecule has 2 rings (SSSR count). The fourth-order valence-corrected chi connectivity index (χ4v) is 2.93. The number of anilines is 1. The molecule has 1 aliphatic carbocycles. The van der Waals surface area contributed by atoms with Crippen LogP contribution in [0.4, 0.5) is 5.69 Å². The van der Waals surface area contributed by atoms with Crippen LogP contribution in [0.1, 0.15) is 52.0 Å². The van der Waals surface area contributed by atoms with E-state index >= 15 is 0 Å². The van der Waals surface area contributed by atoms with Crippen LogP contribution in [0, 0.1) is 5.92 Å². The number of hydrogen-bond acceptors (Lipinski definition) is 3. The third-order valence-electron chi connectivity index (χ3n) is 4.89. The fraction of sp³-hybridized carbons (Fsp3) is 0.526. The molecule has 2 amide bonds. The Kier molecular flexibility index (Phi) is 5.82. The summed E-state index contributed by atoms with van der Waals surface area (Å²) in [5, 5.41) is 14.8. The first-order valence-electron chi connectivity index (χ1n) is 8.67. The molecule has 25 heavy (non-hydrogen) atoms. The number of carbonyl (C=O) groups is 3. The van der Waals surface area contributed by atoms with Gasteiger partial charge in [0, 0.05) is 11.6 Å². The van der Waals surface area contributed by atoms with E-state index in [0.29, 0.717) is 11.3 Å². The molecular formula is C19H26N2O4. The summed E-state index contributed by atoms with van der Waals surface area (Å²) in [6, 6.07) is 6.09. The van der Waals surface area contributed by atoms with E-state index in [2.05, 4.69) is 10.6 Å². The molecule has 0 radical (unpaired) electrons. The molecule has 136 valence electrons. The first-order chi connectivity index (χ1) is 11.7. The van der Waals surface area contributed by atoms with E-state index in [1.165, 1.54) is 0 Å². The molecular weight excluding hydrogens is 320 g/mol. The zero-order valence-corrected chi connectivity index (χ0v) is 15.0. The number of carboxylic acid groups (broad SMARTS) is 1. The van der Waals surface area contributed by atoms with Crippen molar-refractivity contribution in [2.24, 2.45) is 5.92 Å². The number of hydrogen-bond donors (Lipinski definition) is 3. The Labute approximate surface area is 148 Å². The quantitative estimate of drug-likeness (QED) is 0.738. The Morgan fingerprint density at radius 3 is 2.20 bits per heavy atom. The van der Waals surface area contributed by atoms with Gasteiger partial charge in [-0.3, -0.25) is 14.4 Å². The highest BCUT2D eigenvalue weighted by Crippen LogP contribution is 2.26. The van der Waals surface area contributed by atoms with Crippen molar-refractivity contribution in [3.05, 3.63) is 29.8 Å². The van der Waals surface area contributed by atoms with Gasteiger partial charge in [0.25, 0.3) is 0 Å². The first kappa shape index (κ1) is 19.0. The van der Waals surface area contributed by atoms with Crippen molar-refractivity contribution in [2.75, 3.05) is 5.32 Å². The van der Waals surface area contributed by atoms with Gasteiger partial charge in [-0.15, -0.1) is 0 Å². The molecule has 1 saturated carbocycles. The normalized spacial score (nSPS) is 16.3. The van der Waals surface area contributed by atoms with Gasteiger partial charge in [-0.25, -0.2) is 0 Å². The van der Waals surface area contributed by atoms with Gasteiger partial charge in [0.15, 0.2) is 0 Å². The lowest BCUT2D eigenvalue weighted by Gasteiger charge is -2.20. The fourth-order valence-electron chi connectivity index (χ4n) is 2.93. The number of carbonyl (C=O) groups excluding carboxylic acids is 2. The monoisotopic (exact) mass is 346 g/mol. The third-order valence-corrected chi connectivity index (χ3v) is 4.89. The number of carboxylic acids is 1. The van der Waals surface area contributed by atoms with Crippen LogP contribution in [-0.4, -0.2) is 28.9 Å². The smallest absolute Gasteiger partial charge is 0.313 e. The second-order valence-corrected chi connectivity index (χ2v) is 7.21. The van der Waals surface area contributed by atoms with E-state index in [1.807, 2.05) is 0 Å². The molecule has 1 aromatic rings. The maximum atomic E-state index is 12.2. The predicted molar refractivity (Wildman–Crippen MR) is 95.3 cm³/mol. The highest BCUT2D eigenvalue weighted by atomic mass is 16.4. The van der Waals surface area contributed by atoms with Gasteiger partial charge >= 0.3 is 5.97 Å². The Morgan fingerprint density at radius 1 is 1.12 bits per heavy atom. The van der Waals surface area contributed by atoms with Crippen LogP contribution >= 0.6 is 0 Å². The largest absolute Gasteiger partial charge is 0.481 e. The van der Waals surface area contributed by atoms with E-state index in [9.17, 15) is 19.5 Å². The number of nitrogens with one attached hydrogen (secondary N) is 2. The summed E-state index contributed by atoms with van der Waals surface area (Å²) in [4.78, 5) is 35.6. The molecule has 0 heterocycles. The second-order valence-electron chi connectivity index (χ2n) is 7.21. The molecule has 6 nitrogen and oxygen atoms in total. The molecule has 0 aliphatic heterocycles. The number of rotatable bonds is 6. The maximum Gasteiger partial charge on any atom is 0.313 e. The van der Waals surface area contributed by atoms with Crippen LogP contribution in [0.5, 0.6) is 0 Å². The van der Waals surface area contributed by atoms with Crippen LogP contribution in [0.15, 0.2) is 24.3 Å². The molecule has 0 saturated heterocycles. The van der Waals surface area contributed by atoms with Crippen LogP contribution in [0.25, 0.3) is 0 Å². The summed E-state index contributed by atoms with van der Waals surface area (Å²) in [6.07, 6.45) is 3.91. The molecule has 0 aromatic heterocycles. The molecule has 0 bridgehead atoms. The van der Waals surface area contributed by atoms with E-state index in [0.717, 1.165) is 25.7 Å². The van der Waals surface area contributed by atoms with Crippen LogP contribution in [0.2, 0.25) is 0 Å². The van der Waals surface area contributed by atoms with E-state index in [4.69, 9.17) is 0 Å². The van der Waals surface area contributed by atoms with Crippen molar-refractivity contribution in [3.63, 3.8) is 0 Å². The van der Waals surface area contributed by atoms with Crippen molar-refractivity contribution >= 4 is 23.5 Å². The molecule has 1 fully saturated rings. The SMILES string of the molecule is CC(NC(=O)C1CCCC1)C(=O)Nc1ccc(C(C)(C)C(=O)O)cc1.